The van der Waals surface area contributed by atoms with Gasteiger partial charge in [0.15, 0.2) is 0 Å². The van der Waals surface area contributed by atoms with Crippen molar-refractivity contribution in [1.29, 1.82) is 0 Å². The molecule has 2 amide bonds. The molecule has 0 heterocycles. The monoisotopic (exact) mass is 282 g/mol. The molecule has 0 aliphatic carbocycles. The van der Waals surface area contributed by atoms with Crippen molar-refractivity contribution in [1.82, 2.24) is 0 Å². The SMILES string of the molecule is Cc1ccccc1N(C)C(=O)N(C)c1c(C)cccc1C. The number of benzene rings is 2. The van der Waals surface area contributed by atoms with Gasteiger partial charge < -0.3 is 0 Å². The van der Waals surface area contributed by atoms with Crippen molar-refractivity contribution in [2.45, 2.75) is 20.8 Å². The number of rotatable bonds is 2. The smallest absolute Gasteiger partial charge is 0.297 e. The number of carbonyl (C=O) groups is 1. The molecule has 0 radical (unpaired) electrons. The molecule has 110 valence electrons. The van der Waals surface area contributed by atoms with Crippen LogP contribution in [0.4, 0.5) is 16.2 Å². The Labute approximate surface area is 126 Å². The standard InChI is InChI=1S/C18H22N2O/c1-13-9-6-7-12-16(13)19(4)18(21)20(5)17-14(2)10-8-11-15(17)3/h6-12H,1-5H3. The van der Waals surface area contributed by atoms with Crippen LogP contribution in [0.1, 0.15) is 16.7 Å². The van der Waals surface area contributed by atoms with Crippen molar-refractivity contribution in [3.63, 3.8) is 0 Å². The molecule has 0 unspecified atom stereocenters. The van der Waals surface area contributed by atoms with E-state index in [1.54, 1.807) is 9.80 Å². The van der Waals surface area contributed by atoms with Gasteiger partial charge in [-0.1, -0.05) is 36.4 Å². The molecule has 0 spiro atoms. The molecule has 0 atom stereocenters. The van der Waals surface area contributed by atoms with E-state index in [0.717, 1.165) is 28.1 Å². The van der Waals surface area contributed by atoms with Crippen LogP contribution in [0.15, 0.2) is 42.5 Å². The summed E-state index contributed by atoms with van der Waals surface area (Å²) in [6, 6.07) is 13.9. The van der Waals surface area contributed by atoms with Gasteiger partial charge in [0.25, 0.3) is 0 Å². The average Bonchev–Trinajstić information content (AvgIpc) is 2.46. The zero-order valence-electron chi connectivity index (χ0n) is 13.3. The van der Waals surface area contributed by atoms with E-state index in [9.17, 15) is 4.79 Å². The van der Waals surface area contributed by atoms with Gasteiger partial charge >= 0.3 is 6.03 Å². The van der Waals surface area contributed by atoms with Gasteiger partial charge in [0.2, 0.25) is 0 Å². The minimum Gasteiger partial charge on any atom is -0.297 e. The summed E-state index contributed by atoms with van der Waals surface area (Å²) >= 11 is 0. The molecule has 0 bridgehead atoms. The summed E-state index contributed by atoms with van der Waals surface area (Å²) in [4.78, 5) is 16.2. The highest BCUT2D eigenvalue weighted by atomic mass is 16.2. The van der Waals surface area contributed by atoms with E-state index >= 15 is 0 Å². The second kappa shape index (κ2) is 6.00. The molecular formula is C18H22N2O. The first kappa shape index (κ1) is 15.1. The van der Waals surface area contributed by atoms with Gasteiger partial charge in [0.05, 0.1) is 5.69 Å². The maximum atomic E-state index is 12.8. The van der Waals surface area contributed by atoms with Crippen molar-refractivity contribution in [3.05, 3.63) is 59.2 Å². The quantitative estimate of drug-likeness (QED) is 0.805. The van der Waals surface area contributed by atoms with Crippen molar-refractivity contribution >= 4 is 17.4 Å². The number of nitrogens with zero attached hydrogens (tertiary/aromatic N) is 2. The van der Waals surface area contributed by atoms with Crippen molar-refractivity contribution in [2.75, 3.05) is 23.9 Å². The maximum Gasteiger partial charge on any atom is 0.328 e. The number of anilines is 2. The van der Waals surface area contributed by atoms with Gasteiger partial charge in [-0.05, 0) is 43.5 Å². The van der Waals surface area contributed by atoms with Gasteiger partial charge in [-0.15, -0.1) is 0 Å². The van der Waals surface area contributed by atoms with Gasteiger partial charge in [-0.2, -0.15) is 0 Å². The van der Waals surface area contributed by atoms with Crippen LogP contribution in [0.2, 0.25) is 0 Å². The summed E-state index contributed by atoms with van der Waals surface area (Å²) < 4.78 is 0. The Morgan fingerprint density at radius 2 is 1.29 bits per heavy atom. The van der Waals surface area contributed by atoms with E-state index in [4.69, 9.17) is 0 Å². The number of urea groups is 1. The van der Waals surface area contributed by atoms with E-state index in [1.807, 2.05) is 77.3 Å². The third-order valence-electron chi connectivity index (χ3n) is 3.83. The maximum absolute atomic E-state index is 12.8. The summed E-state index contributed by atoms with van der Waals surface area (Å²) in [5, 5.41) is 0. The summed E-state index contributed by atoms with van der Waals surface area (Å²) in [6.07, 6.45) is 0. The van der Waals surface area contributed by atoms with Gasteiger partial charge in [-0.25, -0.2) is 4.79 Å². The minimum absolute atomic E-state index is 0.0401. The molecule has 0 saturated carbocycles. The third-order valence-corrected chi connectivity index (χ3v) is 3.83. The molecular weight excluding hydrogens is 260 g/mol. The van der Waals surface area contributed by atoms with Crippen molar-refractivity contribution in [2.24, 2.45) is 0 Å². The van der Waals surface area contributed by atoms with Gasteiger partial charge in [-0.3, -0.25) is 9.80 Å². The summed E-state index contributed by atoms with van der Waals surface area (Å²) in [6.45, 7) is 6.07. The van der Waals surface area contributed by atoms with Crippen LogP contribution in [-0.2, 0) is 0 Å². The van der Waals surface area contributed by atoms with E-state index in [1.165, 1.54) is 0 Å². The number of hydrogen-bond donors (Lipinski definition) is 0. The van der Waals surface area contributed by atoms with Gasteiger partial charge in [0.1, 0.15) is 0 Å². The zero-order valence-corrected chi connectivity index (χ0v) is 13.3. The van der Waals surface area contributed by atoms with E-state index in [0.29, 0.717) is 0 Å². The van der Waals surface area contributed by atoms with Crippen molar-refractivity contribution in [3.8, 4) is 0 Å². The molecule has 21 heavy (non-hydrogen) atoms. The predicted molar refractivity (Wildman–Crippen MR) is 89.3 cm³/mol. The molecule has 0 aliphatic rings. The fraction of sp³-hybridized carbons (Fsp3) is 0.278. The fourth-order valence-corrected chi connectivity index (χ4v) is 2.70. The lowest BCUT2D eigenvalue weighted by molar-refractivity contribution is 0.253. The van der Waals surface area contributed by atoms with Gasteiger partial charge in [0, 0.05) is 19.8 Å². The first-order valence-corrected chi connectivity index (χ1v) is 7.06. The lowest BCUT2D eigenvalue weighted by atomic mass is 10.1. The largest absolute Gasteiger partial charge is 0.328 e. The summed E-state index contributed by atoms with van der Waals surface area (Å²) in [5.41, 5.74) is 5.19. The lowest BCUT2D eigenvalue weighted by Crippen LogP contribution is -2.39. The van der Waals surface area contributed by atoms with Crippen LogP contribution >= 0.6 is 0 Å². The summed E-state index contributed by atoms with van der Waals surface area (Å²) in [7, 11) is 3.64. The third kappa shape index (κ3) is 2.92. The second-order valence-corrected chi connectivity index (χ2v) is 5.43. The number of amides is 2. The Hall–Kier alpha value is -2.29. The minimum atomic E-state index is -0.0401. The Morgan fingerprint density at radius 1 is 0.762 bits per heavy atom. The number of carbonyl (C=O) groups excluding carboxylic acids is 1. The predicted octanol–water partition coefficient (Wildman–Crippen LogP) is 4.30. The molecule has 2 aromatic rings. The Bertz CT molecular complexity index is 644. The summed E-state index contributed by atoms with van der Waals surface area (Å²) in [5.74, 6) is 0. The zero-order chi connectivity index (χ0) is 15.6. The molecule has 2 rings (SSSR count). The van der Waals surface area contributed by atoms with Crippen LogP contribution < -0.4 is 9.80 Å². The normalized spacial score (nSPS) is 10.3. The number of para-hydroxylation sites is 2. The second-order valence-electron chi connectivity index (χ2n) is 5.43. The lowest BCUT2D eigenvalue weighted by Gasteiger charge is -2.28. The molecule has 0 fully saturated rings. The molecule has 3 heteroatoms. The van der Waals surface area contributed by atoms with Crippen LogP contribution in [-0.4, -0.2) is 20.1 Å². The van der Waals surface area contributed by atoms with Crippen LogP contribution in [0.5, 0.6) is 0 Å². The Balaban J connectivity index is 2.34. The first-order chi connectivity index (χ1) is 9.93. The van der Waals surface area contributed by atoms with E-state index < -0.39 is 0 Å². The molecule has 0 saturated heterocycles. The van der Waals surface area contributed by atoms with Crippen LogP contribution in [0.25, 0.3) is 0 Å². The molecule has 3 nitrogen and oxygen atoms in total. The highest BCUT2D eigenvalue weighted by Crippen LogP contribution is 2.26. The van der Waals surface area contributed by atoms with E-state index in [-0.39, 0.29) is 6.03 Å². The Morgan fingerprint density at radius 3 is 1.86 bits per heavy atom. The van der Waals surface area contributed by atoms with Crippen LogP contribution in [0, 0.1) is 20.8 Å². The first-order valence-electron chi connectivity index (χ1n) is 7.06. The average molecular weight is 282 g/mol. The highest BCUT2D eigenvalue weighted by molar-refractivity contribution is 6.04. The van der Waals surface area contributed by atoms with Crippen molar-refractivity contribution < 1.29 is 4.79 Å². The fourth-order valence-electron chi connectivity index (χ4n) is 2.70. The Kier molecular flexibility index (Phi) is 4.32. The molecule has 0 N–H and O–H groups in total. The van der Waals surface area contributed by atoms with E-state index in [2.05, 4.69) is 0 Å². The topological polar surface area (TPSA) is 23.6 Å². The molecule has 2 aromatic carbocycles. The number of aryl methyl sites for hydroxylation is 3. The number of hydrogen-bond acceptors (Lipinski definition) is 1. The highest BCUT2D eigenvalue weighted by Gasteiger charge is 2.20. The molecule has 0 aromatic heterocycles. The van der Waals surface area contributed by atoms with Crippen LogP contribution in [0.3, 0.4) is 0 Å². The molecule has 0 aliphatic heterocycles.